The Morgan fingerprint density at radius 1 is 1.61 bits per heavy atom. The van der Waals surface area contributed by atoms with Crippen molar-refractivity contribution in [1.29, 1.82) is 0 Å². The van der Waals surface area contributed by atoms with Crippen LogP contribution in [0, 0.1) is 0 Å². The van der Waals surface area contributed by atoms with Crippen molar-refractivity contribution in [3.63, 3.8) is 0 Å². The van der Waals surface area contributed by atoms with Crippen LogP contribution in [0.1, 0.15) is 19.2 Å². The van der Waals surface area contributed by atoms with Crippen molar-refractivity contribution in [2.45, 2.75) is 32.5 Å². The quantitative estimate of drug-likeness (QED) is 0.718. The second kappa shape index (κ2) is 5.97. The number of amides is 1. The van der Waals surface area contributed by atoms with Crippen molar-refractivity contribution in [3.05, 3.63) is 18.2 Å². The third-order valence-corrected chi connectivity index (χ3v) is 3.35. The zero-order valence-corrected chi connectivity index (χ0v) is 10.8. The predicted molar refractivity (Wildman–Crippen MR) is 68.8 cm³/mol. The zero-order chi connectivity index (χ0) is 13.0. The fourth-order valence-corrected chi connectivity index (χ4v) is 2.32. The largest absolute Gasteiger partial charge is 0.368 e. The molecule has 0 aromatic carbocycles. The average Bonchev–Trinajstić information content (AvgIpc) is 2.81. The Bertz CT molecular complexity index is 403. The molecule has 6 heteroatoms. The number of fused-ring (bicyclic) bond motifs is 1. The van der Waals surface area contributed by atoms with E-state index in [4.69, 9.17) is 5.73 Å². The maximum Gasteiger partial charge on any atom is 0.234 e. The number of aromatic nitrogens is 2. The monoisotopic (exact) mass is 251 g/mol. The van der Waals surface area contributed by atoms with Crippen LogP contribution >= 0.6 is 0 Å². The first kappa shape index (κ1) is 13.0. The lowest BCUT2D eigenvalue weighted by molar-refractivity contribution is -0.120. The minimum Gasteiger partial charge on any atom is -0.368 e. The Labute approximate surface area is 107 Å². The van der Waals surface area contributed by atoms with E-state index in [1.54, 1.807) is 0 Å². The number of imidazole rings is 1. The minimum absolute atomic E-state index is 0.225. The summed E-state index contributed by atoms with van der Waals surface area (Å²) >= 11 is 0. The first-order chi connectivity index (χ1) is 8.70. The van der Waals surface area contributed by atoms with E-state index in [-0.39, 0.29) is 11.9 Å². The second-order valence-electron chi connectivity index (χ2n) is 4.61. The number of nitrogens with zero attached hydrogens (tertiary/aromatic N) is 3. The Morgan fingerprint density at radius 3 is 3.17 bits per heavy atom. The molecular weight excluding hydrogens is 230 g/mol. The molecule has 0 radical (unpaired) electrons. The standard InChI is InChI=1S/C12H21N5O/c1-2-14-10(12(13)18)3-5-16-7-8-17-6-4-15-11(17)9-16/h4,6,10,14H,2-3,5,7-9H2,1H3,(H2,13,18). The van der Waals surface area contributed by atoms with Crippen LogP contribution in [-0.2, 0) is 17.9 Å². The Hall–Kier alpha value is -1.40. The van der Waals surface area contributed by atoms with Crippen LogP contribution in [0.4, 0.5) is 0 Å². The van der Waals surface area contributed by atoms with Gasteiger partial charge in [-0.15, -0.1) is 0 Å². The average molecular weight is 251 g/mol. The van der Waals surface area contributed by atoms with Crippen molar-refractivity contribution in [2.24, 2.45) is 5.73 Å². The van der Waals surface area contributed by atoms with Crippen LogP contribution in [-0.4, -0.2) is 46.0 Å². The molecular formula is C12H21N5O. The zero-order valence-electron chi connectivity index (χ0n) is 10.8. The molecule has 100 valence electrons. The van der Waals surface area contributed by atoms with Crippen LogP contribution in [0.3, 0.4) is 0 Å². The number of nitrogens with one attached hydrogen (secondary N) is 1. The molecule has 0 bridgehead atoms. The molecule has 0 fully saturated rings. The topological polar surface area (TPSA) is 76.2 Å². The fourth-order valence-electron chi connectivity index (χ4n) is 2.32. The van der Waals surface area contributed by atoms with Crippen LogP contribution < -0.4 is 11.1 Å². The van der Waals surface area contributed by atoms with E-state index >= 15 is 0 Å². The van der Waals surface area contributed by atoms with E-state index in [9.17, 15) is 4.79 Å². The number of carbonyl (C=O) groups excluding carboxylic acids is 1. The number of likely N-dealkylation sites (N-methyl/N-ethyl adjacent to an activating group) is 1. The van der Waals surface area contributed by atoms with Gasteiger partial charge in [0, 0.05) is 32.0 Å². The van der Waals surface area contributed by atoms with E-state index in [0.29, 0.717) is 0 Å². The van der Waals surface area contributed by atoms with E-state index in [1.165, 1.54) is 0 Å². The molecule has 0 spiro atoms. The van der Waals surface area contributed by atoms with Gasteiger partial charge in [0.2, 0.25) is 5.91 Å². The molecule has 1 aliphatic rings. The summed E-state index contributed by atoms with van der Waals surface area (Å²) in [6.07, 6.45) is 4.60. The van der Waals surface area contributed by atoms with Gasteiger partial charge in [0.15, 0.2) is 0 Å². The molecule has 1 amide bonds. The molecule has 2 rings (SSSR count). The summed E-state index contributed by atoms with van der Waals surface area (Å²) < 4.78 is 2.17. The van der Waals surface area contributed by atoms with Crippen molar-refractivity contribution < 1.29 is 4.79 Å². The molecule has 1 aromatic rings. The van der Waals surface area contributed by atoms with E-state index < -0.39 is 0 Å². The number of hydrogen-bond donors (Lipinski definition) is 2. The normalized spacial score (nSPS) is 17.4. The molecule has 18 heavy (non-hydrogen) atoms. The van der Waals surface area contributed by atoms with Gasteiger partial charge in [0.1, 0.15) is 5.82 Å². The van der Waals surface area contributed by atoms with Gasteiger partial charge >= 0.3 is 0 Å². The highest BCUT2D eigenvalue weighted by Gasteiger charge is 2.19. The summed E-state index contributed by atoms with van der Waals surface area (Å²) in [4.78, 5) is 17.9. The molecule has 3 N–H and O–H groups in total. The first-order valence-corrected chi connectivity index (χ1v) is 6.45. The highest BCUT2D eigenvalue weighted by molar-refractivity contribution is 5.79. The number of carbonyl (C=O) groups is 1. The van der Waals surface area contributed by atoms with Crippen LogP contribution in [0.5, 0.6) is 0 Å². The van der Waals surface area contributed by atoms with Crippen LogP contribution in [0.15, 0.2) is 12.4 Å². The maximum atomic E-state index is 11.2. The van der Waals surface area contributed by atoms with Gasteiger partial charge in [-0.25, -0.2) is 4.98 Å². The SMILES string of the molecule is CCNC(CCN1CCn2ccnc2C1)C(N)=O. The van der Waals surface area contributed by atoms with Crippen LogP contribution in [0.25, 0.3) is 0 Å². The number of nitrogens with two attached hydrogens (primary N) is 1. The molecule has 1 unspecified atom stereocenters. The number of hydrogen-bond acceptors (Lipinski definition) is 4. The Kier molecular flexibility index (Phi) is 4.33. The summed E-state index contributed by atoms with van der Waals surface area (Å²) in [5, 5.41) is 3.11. The number of rotatable bonds is 6. The van der Waals surface area contributed by atoms with Gasteiger partial charge in [-0.05, 0) is 13.0 Å². The van der Waals surface area contributed by atoms with Gasteiger partial charge < -0.3 is 15.6 Å². The number of primary amides is 1. The lowest BCUT2D eigenvalue weighted by Gasteiger charge is -2.28. The Balaban J connectivity index is 1.82. The molecule has 0 saturated heterocycles. The van der Waals surface area contributed by atoms with Crippen molar-refractivity contribution >= 4 is 5.91 Å². The Morgan fingerprint density at radius 2 is 2.44 bits per heavy atom. The minimum atomic E-state index is -0.268. The van der Waals surface area contributed by atoms with Gasteiger partial charge in [-0.1, -0.05) is 6.92 Å². The van der Waals surface area contributed by atoms with E-state index in [1.807, 2.05) is 19.3 Å². The highest BCUT2D eigenvalue weighted by Crippen LogP contribution is 2.10. The third-order valence-electron chi connectivity index (χ3n) is 3.35. The third kappa shape index (κ3) is 3.08. The van der Waals surface area contributed by atoms with Crippen LogP contribution in [0.2, 0.25) is 0 Å². The van der Waals surface area contributed by atoms with Gasteiger partial charge in [-0.2, -0.15) is 0 Å². The predicted octanol–water partition coefficient (Wildman–Crippen LogP) is -0.448. The summed E-state index contributed by atoms with van der Waals surface area (Å²) in [6, 6.07) is -0.225. The first-order valence-electron chi connectivity index (χ1n) is 6.45. The lowest BCUT2D eigenvalue weighted by Crippen LogP contribution is -2.44. The molecule has 1 aliphatic heterocycles. The summed E-state index contributed by atoms with van der Waals surface area (Å²) in [5.74, 6) is 0.829. The molecule has 0 saturated carbocycles. The van der Waals surface area contributed by atoms with Gasteiger partial charge in [0.25, 0.3) is 0 Å². The molecule has 2 heterocycles. The summed E-state index contributed by atoms with van der Waals surface area (Å²) in [5.41, 5.74) is 5.36. The van der Waals surface area contributed by atoms with Crippen molar-refractivity contribution in [1.82, 2.24) is 19.8 Å². The molecule has 1 aromatic heterocycles. The summed E-state index contributed by atoms with van der Waals surface area (Å²) in [7, 11) is 0. The van der Waals surface area contributed by atoms with Crippen molar-refractivity contribution in [3.8, 4) is 0 Å². The lowest BCUT2D eigenvalue weighted by atomic mass is 10.1. The van der Waals surface area contributed by atoms with E-state index in [2.05, 4.69) is 19.8 Å². The van der Waals surface area contributed by atoms with E-state index in [0.717, 1.165) is 45.0 Å². The summed E-state index contributed by atoms with van der Waals surface area (Å²) in [6.45, 7) is 6.43. The maximum absolute atomic E-state index is 11.2. The van der Waals surface area contributed by atoms with Gasteiger partial charge in [-0.3, -0.25) is 9.69 Å². The smallest absolute Gasteiger partial charge is 0.234 e. The van der Waals surface area contributed by atoms with Gasteiger partial charge in [0.05, 0.1) is 12.6 Å². The molecule has 1 atom stereocenters. The highest BCUT2D eigenvalue weighted by atomic mass is 16.1. The second-order valence-corrected chi connectivity index (χ2v) is 4.61. The van der Waals surface area contributed by atoms with Crippen molar-refractivity contribution in [2.75, 3.05) is 19.6 Å². The molecule has 0 aliphatic carbocycles. The fraction of sp³-hybridized carbons (Fsp3) is 0.667. The molecule has 6 nitrogen and oxygen atoms in total.